The molecule has 1 aromatic carbocycles. The number of imidazole rings is 1. The minimum absolute atomic E-state index is 0.0854. The number of carbonyl (C=O) groups is 2. The second-order valence-electron chi connectivity index (χ2n) is 9.69. The third-order valence-electron chi connectivity index (χ3n) is 7.53. The van der Waals surface area contributed by atoms with Crippen molar-refractivity contribution in [1.29, 1.82) is 0 Å². The Morgan fingerprint density at radius 1 is 1.20 bits per heavy atom. The SMILES string of the molecule is COC(=O)N1CCc2ccc3c(nc([C@H]4CC[C@H](C(=O)O)CC4)n3[C@@H](C)Cc3cnccn3)c2C1. The molecule has 0 saturated heterocycles. The second kappa shape index (κ2) is 9.64. The van der Waals surface area contributed by atoms with E-state index < -0.39 is 5.97 Å². The summed E-state index contributed by atoms with van der Waals surface area (Å²) in [7, 11) is 1.41. The van der Waals surface area contributed by atoms with Gasteiger partial charge in [0.25, 0.3) is 0 Å². The number of amides is 1. The standard InChI is InChI=1S/C26H31N5O4/c1-16(13-20-14-27-10-11-28-20)31-22-8-7-17-9-12-30(26(34)35-2)15-21(17)23(22)29-24(31)18-3-5-19(6-4-18)25(32)33/h7-8,10-11,14,16,18-19H,3-6,9,12-13,15H2,1-2H3,(H,32,33)/t16-,18-,19-/m0/s1. The summed E-state index contributed by atoms with van der Waals surface area (Å²) in [6.45, 7) is 3.27. The van der Waals surface area contributed by atoms with Crippen LogP contribution in [0.2, 0.25) is 0 Å². The average Bonchev–Trinajstić information content (AvgIpc) is 3.29. The normalized spacial score (nSPS) is 20.9. The van der Waals surface area contributed by atoms with Crippen molar-refractivity contribution in [3.05, 3.63) is 53.4 Å². The van der Waals surface area contributed by atoms with Gasteiger partial charge in [-0.25, -0.2) is 9.78 Å². The number of carboxylic acids is 1. The van der Waals surface area contributed by atoms with E-state index in [2.05, 4.69) is 33.6 Å². The van der Waals surface area contributed by atoms with E-state index in [1.807, 2.05) is 0 Å². The number of rotatable bonds is 5. The van der Waals surface area contributed by atoms with Gasteiger partial charge >= 0.3 is 12.1 Å². The molecule has 9 nitrogen and oxygen atoms in total. The summed E-state index contributed by atoms with van der Waals surface area (Å²) in [6, 6.07) is 4.39. The molecule has 1 fully saturated rings. The number of fused-ring (bicyclic) bond motifs is 3. The number of ether oxygens (including phenoxy) is 1. The second-order valence-corrected chi connectivity index (χ2v) is 9.69. The summed E-state index contributed by atoms with van der Waals surface area (Å²) in [5.41, 5.74) is 5.17. The largest absolute Gasteiger partial charge is 0.481 e. The molecule has 3 heterocycles. The molecule has 35 heavy (non-hydrogen) atoms. The van der Waals surface area contributed by atoms with E-state index in [4.69, 9.17) is 9.72 Å². The quantitative estimate of drug-likeness (QED) is 0.589. The predicted molar refractivity (Wildman–Crippen MR) is 129 cm³/mol. The lowest BCUT2D eigenvalue weighted by atomic mass is 9.81. The van der Waals surface area contributed by atoms with Crippen LogP contribution in [-0.4, -0.2) is 55.2 Å². The third kappa shape index (κ3) is 4.47. The number of methoxy groups -OCH3 is 1. The van der Waals surface area contributed by atoms with Gasteiger partial charge in [0.1, 0.15) is 5.82 Å². The summed E-state index contributed by atoms with van der Waals surface area (Å²) >= 11 is 0. The summed E-state index contributed by atoms with van der Waals surface area (Å²) in [6.07, 6.45) is 9.25. The highest BCUT2D eigenvalue weighted by molar-refractivity contribution is 5.82. The van der Waals surface area contributed by atoms with Crippen molar-refractivity contribution in [2.45, 2.75) is 64.0 Å². The number of hydrogen-bond acceptors (Lipinski definition) is 6. The van der Waals surface area contributed by atoms with Gasteiger partial charge in [0, 0.05) is 49.1 Å². The Hall–Kier alpha value is -3.49. The van der Waals surface area contributed by atoms with Crippen molar-refractivity contribution < 1.29 is 19.4 Å². The molecule has 0 radical (unpaired) electrons. The molecule has 1 saturated carbocycles. The highest BCUT2D eigenvalue weighted by atomic mass is 16.5. The highest BCUT2D eigenvalue weighted by Crippen LogP contribution is 2.40. The molecule has 0 bridgehead atoms. The molecule has 9 heteroatoms. The Kier molecular flexibility index (Phi) is 6.40. The average molecular weight is 478 g/mol. The van der Waals surface area contributed by atoms with Gasteiger partial charge in [-0.1, -0.05) is 6.07 Å². The summed E-state index contributed by atoms with van der Waals surface area (Å²) in [5, 5.41) is 9.46. The smallest absolute Gasteiger partial charge is 0.409 e. The van der Waals surface area contributed by atoms with Crippen LogP contribution in [0, 0.1) is 5.92 Å². The molecule has 1 aliphatic carbocycles. The molecule has 5 rings (SSSR count). The van der Waals surface area contributed by atoms with Crippen LogP contribution in [0.25, 0.3) is 11.0 Å². The first-order valence-corrected chi connectivity index (χ1v) is 12.3. The van der Waals surface area contributed by atoms with Crippen LogP contribution in [0.3, 0.4) is 0 Å². The lowest BCUT2D eigenvalue weighted by molar-refractivity contribution is -0.142. The molecule has 1 amide bonds. The molecular formula is C26H31N5O4. The number of carboxylic acid groups (broad SMARTS) is 1. The summed E-state index contributed by atoms with van der Waals surface area (Å²) in [4.78, 5) is 39.4. The van der Waals surface area contributed by atoms with Crippen molar-refractivity contribution in [3.8, 4) is 0 Å². The fourth-order valence-electron chi connectivity index (χ4n) is 5.68. The fraction of sp³-hybridized carbons (Fsp3) is 0.500. The van der Waals surface area contributed by atoms with Crippen LogP contribution in [0.15, 0.2) is 30.7 Å². The lowest BCUT2D eigenvalue weighted by Gasteiger charge is -2.28. The van der Waals surface area contributed by atoms with E-state index in [-0.39, 0.29) is 24.0 Å². The maximum absolute atomic E-state index is 12.2. The van der Waals surface area contributed by atoms with Gasteiger partial charge in [0.2, 0.25) is 0 Å². The molecule has 3 aromatic rings. The minimum Gasteiger partial charge on any atom is -0.481 e. The molecule has 2 aliphatic rings. The number of aliphatic carboxylic acids is 1. The van der Waals surface area contributed by atoms with E-state index in [0.29, 0.717) is 32.4 Å². The van der Waals surface area contributed by atoms with E-state index in [1.54, 1.807) is 23.5 Å². The maximum atomic E-state index is 12.2. The van der Waals surface area contributed by atoms with E-state index >= 15 is 0 Å². The number of hydrogen-bond donors (Lipinski definition) is 1. The zero-order valence-electron chi connectivity index (χ0n) is 20.2. The van der Waals surface area contributed by atoms with Crippen molar-refractivity contribution in [2.75, 3.05) is 13.7 Å². The van der Waals surface area contributed by atoms with Crippen LogP contribution >= 0.6 is 0 Å². The highest BCUT2D eigenvalue weighted by Gasteiger charge is 2.32. The Balaban J connectivity index is 1.56. The van der Waals surface area contributed by atoms with E-state index in [9.17, 15) is 14.7 Å². The monoisotopic (exact) mass is 477 g/mol. The van der Waals surface area contributed by atoms with Crippen molar-refractivity contribution in [3.63, 3.8) is 0 Å². The Labute approximate surface area is 204 Å². The molecule has 0 spiro atoms. The van der Waals surface area contributed by atoms with Gasteiger partial charge in [0.05, 0.1) is 36.3 Å². The van der Waals surface area contributed by atoms with Crippen LogP contribution in [0.1, 0.15) is 67.2 Å². The predicted octanol–water partition coefficient (Wildman–Crippen LogP) is 4.11. The van der Waals surface area contributed by atoms with Crippen LogP contribution in [0.5, 0.6) is 0 Å². The first-order valence-electron chi connectivity index (χ1n) is 12.3. The number of benzene rings is 1. The molecule has 1 atom stereocenters. The maximum Gasteiger partial charge on any atom is 0.409 e. The molecule has 2 aromatic heterocycles. The molecule has 1 N–H and O–H groups in total. The van der Waals surface area contributed by atoms with Gasteiger partial charge < -0.3 is 19.3 Å². The Morgan fingerprint density at radius 2 is 2.00 bits per heavy atom. The Morgan fingerprint density at radius 3 is 2.69 bits per heavy atom. The number of nitrogens with zero attached hydrogens (tertiary/aromatic N) is 5. The van der Waals surface area contributed by atoms with Gasteiger partial charge in [-0.3, -0.25) is 14.8 Å². The van der Waals surface area contributed by atoms with E-state index in [0.717, 1.165) is 47.4 Å². The number of aromatic nitrogens is 4. The summed E-state index contributed by atoms with van der Waals surface area (Å²) in [5.74, 6) is 0.217. The van der Waals surface area contributed by atoms with Crippen molar-refractivity contribution >= 4 is 23.1 Å². The lowest BCUT2D eigenvalue weighted by Crippen LogP contribution is -2.35. The first kappa shape index (κ1) is 23.3. The first-order chi connectivity index (χ1) is 17.0. The topological polar surface area (TPSA) is 110 Å². The van der Waals surface area contributed by atoms with Crippen LogP contribution in [0.4, 0.5) is 4.79 Å². The van der Waals surface area contributed by atoms with Crippen LogP contribution in [-0.2, 0) is 28.9 Å². The van der Waals surface area contributed by atoms with Crippen LogP contribution < -0.4 is 0 Å². The third-order valence-corrected chi connectivity index (χ3v) is 7.53. The molecule has 0 unspecified atom stereocenters. The van der Waals surface area contributed by atoms with Gasteiger partial charge in [-0.2, -0.15) is 0 Å². The number of carbonyl (C=O) groups excluding carboxylic acids is 1. The Bertz CT molecular complexity index is 1230. The van der Waals surface area contributed by atoms with Crippen molar-refractivity contribution in [2.24, 2.45) is 5.92 Å². The fourth-order valence-corrected chi connectivity index (χ4v) is 5.68. The zero-order valence-corrected chi connectivity index (χ0v) is 20.2. The van der Waals surface area contributed by atoms with E-state index in [1.165, 1.54) is 12.7 Å². The molecule has 1 aliphatic heterocycles. The van der Waals surface area contributed by atoms with Gasteiger partial charge in [-0.05, 0) is 50.7 Å². The summed E-state index contributed by atoms with van der Waals surface area (Å²) < 4.78 is 7.29. The zero-order chi connectivity index (χ0) is 24.5. The molecule has 184 valence electrons. The van der Waals surface area contributed by atoms with Crippen molar-refractivity contribution in [1.82, 2.24) is 24.4 Å². The molecular weight excluding hydrogens is 446 g/mol. The van der Waals surface area contributed by atoms with Gasteiger partial charge in [-0.15, -0.1) is 0 Å². The minimum atomic E-state index is -0.704. The van der Waals surface area contributed by atoms with Gasteiger partial charge in [0.15, 0.2) is 0 Å².